The molecule has 1 unspecified atom stereocenters. The maximum atomic E-state index is 12.8. The lowest BCUT2D eigenvalue weighted by atomic mass is 9.77. The number of carbonyl (C=O) groups is 1. The van der Waals surface area contributed by atoms with Gasteiger partial charge in [0.25, 0.3) is 0 Å². The fourth-order valence-electron chi connectivity index (χ4n) is 5.70. The van der Waals surface area contributed by atoms with Gasteiger partial charge in [0.15, 0.2) is 6.23 Å². The Morgan fingerprint density at radius 1 is 1.21 bits per heavy atom. The summed E-state index contributed by atoms with van der Waals surface area (Å²) in [5, 5.41) is 35.6. The molecule has 5 atom stereocenters. The molecule has 1 aromatic carbocycles. The van der Waals surface area contributed by atoms with Crippen LogP contribution in [-0.4, -0.2) is 70.8 Å². The molecule has 4 heterocycles. The van der Waals surface area contributed by atoms with E-state index < -0.39 is 41.3 Å². The number of amides is 1. The van der Waals surface area contributed by atoms with Gasteiger partial charge < -0.3 is 34.3 Å². The number of aliphatic hydroxyl groups excluding tert-OH is 1. The van der Waals surface area contributed by atoms with E-state index in [4.69, 9.17) is 9.47 Å². The molecule has 10 heteroatoms. The number of aryl methyl sites for hydroxylation is 1. The van der Waals surface area contributed by atoms with Crippen molar-refractivity contribution in [2.75, 3.05) is 6.54 Å². The van der Waals surface area contributed by atoms with Gasteiger partial charge in [-0.15, -0.1) is 0 Å². The second-order valence-corrected chi connectivity index (χ2v) is 11.7. The fraction of sp³-hybridized carbons (Fsp3) is 0.536. The predicted molar refractivity (Wildman–Crippen MR) is 139 cm³/mol. The Balaban J connectivity index is 1.49. The van der Waals surface area contributed by atoms with Crippen LogP contribution in [0.15, 0.2) is 36.8 Å². The van der Waals surface area contributed by atoms with Crippen LogP contribution in [0.5, 0.6) is 0 Å². The third-order valence-corrected chi connectivity index (χ3v) is 7.64. The lowest BCUT2D eigenvalue weighted by molar-refractivity contribution is -0.162. The number of benzene rings is 1. The monoisotopic (exact) mass is 524 g/mol. The van der Waals surface area contributed by atoms with Gasteiger partial charge in [0.2, 0.25) is 0 Å². The molecule has 1 fully saturated rings. The van der Waals surface area contributed by atoms with Gasteiger partial charge in [-0.1, -0.05) is 18.2 Å². The van der Waals surface area contributed by atoms with E-state index in [0.717, 1.165) is 22.2 Å². The summed E-state index contributed by atoms with van der Waals surface area (Å²) in [6.07, 6.45) is -0.202. The quantitative estimate of drug-likeness (QED) is 0.477. The van der Waals surface area contributed by atoms with Crippen molar-refractivity contribution in [1.29, 1.82) is 0 Å². The van der Waals surface area contributed by atoms with Crippen LogP contribution in [0.1, 0.15) is 63.2 Å². The highest BCUT2D eigenvalue weighted by atomic mass is 16.6. The normalized spacial score (nSPS) is 27.3. The molecule has 2 aliphatic heterocycles. The van der Waals surface area contributed by atoms with Gasteiger partial charge in [-0.25, -0.2) is 14.8 Å². The largest absolute Gasteiger partial charge is 0.444 e. The second kappa shape index (κ2) is 9.01. The summed E-state index contributed by atoms with van der Waals surface area (Å²) in [5.41, 5.74) is -0.509. The van der Waals surface area contributed by atoms with Gasteiger partial charge in [-0.3, -0.25) is 0 Å². The van der Waals surface area contributed by atoms with Gasteiger partial charge in [0.05, 0.1) is 5.69 Å². The molecule has 1 saturated heterocycles. The first-order chi connectivity index (χ1) is 17.7. The maximum Gasteiger partial charge on any atom is 0.410 e. The number of ether oxygens (including phenoxy) is 2. The van der Waals surface area contributed by atoms with Crippen LogP contribution in [0, 0.1) is 6.92 Å². The molecular weight excluding hydrogens is 488 g/mol. The second-order valence-electron chi connectivity index (χ2n) is 11.7. The van der Waals surface area contributed by atoms with Crippen LogP contribution in [0.4, 0.5) is 4.79 Å². The maximum absolute atomic E-state index is 12.8. The molecule has 0 saturated carbocycles. The Kier molecular flexibility index (Phi) is 6.30. The van der Waals surface area contributed by atoms with Crippen LogP contribution in [-0.2, 0) is 28.0 Å². The summed E-state index contributed by atoms with van der Waals surface area (Å²) in [7, 11) is 0. The van der Waals surface area contributed by atoms with Crippen molar-refractivity contribution in [3.8, 4) is 0 Å². The standard InChI is InChI=1S/C28H36N4O6/c1-16-18-11-13-32(22(18)30-15-29-16)23-21(33)28(6,36)24(37-23)27(5,35)20-9-7-8-17-10-12-31(14-19(17)20)25(34)38-26(2,3)4/h7-9,11,13,15,21,23-24,33,35-36H,10,12,14H2,1-6H3/t21-,23+,24+,27?,28-/m0/s1. The molecule has 0 spiro atoms. The van der Waals surface area contributed by atoms with E-state index in [1.165, 1.54) is 13.3 Å². The van der Waals surface area contributed by atoms with Gasteiger partial charge in [-0.05, 0) is 70.7 Å². The molecule has 38 heavy (non-hydrogen) atoms. The van der Waals surface area contributed by atoms with E-state index in [0.29, 0.717) is 24.2 Å². The minimum atomic E-state index is -1.81. The van der Waals surface area contributed by atoms with Gasteiger partial charge >= 0.3 is 6.09 Å². The molecule has 0 bridgehead atoms. The predicted octanol–water partition coefficient (Wildman–Crippen LogP) is 2.95. The molecule has 10 nitrogen and oxygen atoms in total. The first-order valence-corrected chi connectivity index (χ1v) is 12.9. The first-order valence-electron chi connectivity index (χ1n) is 12.9. The third kappa shape index (κ3) is 4.35. The summed E-state index contributed by atoms with van der Waals surface area (Å²) in [4.78, 5) is 23.0. The molecule has 3 N–H and O–H groups in total. The lowest BCUT2D eigenvalue weighted by Crippen LogP contribution is -2.54. The number of hydrogen-bond acceptors (Lipinski definition) is 8. The van der Waals surface area contributed by atoms with Crippen LogP contribution in [0.2, 0.25) is 0 Å². The summed E-state index contributed by atoms with van der Waals surface area (Å²) in [5.74, 6) is 0. The third-order valence-electron chi connectivity index (χ3n) is 7.64. The minimum Gasteiger partial charge on any atom is -0.444 e. The summed E-state index contributed by atoms with van der Waals surface area (Å²) < 4.78 is 13.5. The van der Waals surface area contributed by atoms with Crippen molar-refractivity contribution in [2.45, 2.75) is 89.7 Å². The highest BCUT2D eigenvalue weighted by molar-refractivity contribution is 5.78. The minimum absolute atomic E-state index is 0.246. The Hall–Kier alpha value is -3.05. The van der Waals surface area contributed by atoms with Crippen molar-refractivity contribution < 1.29 is 29.6 Å². The van der Waals surface area contributed by atoms with Crippen molar-refractivity contribution in [1.82, 2.24) is 19.4 Å². The van der Waals surface area contributed by atoms with E-state index in [1.807, 2.05) is 45.9 Å². The molecule has 204 valence electrons. The van der Waals surface area contributed by atoms with E-state index in [-0.39, 0.29) is 6.54 Å². The number of hydrogen-bond donors (Lipinski definition) is 3. The Morgan fingerprint density at radius 2 is 1.95 bits per heavy atom. The van der Waals surface area contributed by atoms with Crippen LogP contribution >= 0.6 is 0 Å². The first kappa shape index (κ1) is 26.6. The van der Waals surface area contributed by atoms with E-state index in [1.54, 1.807) is 28.7 Å². The van der Waals surface area contributed by atoms with Gasteiger partial charge in [0, 0.05) is 24.7 Å². The summed E-state index contributed by atoms with van der Waals surface area (Å²) in [6.45, 7) is 11.1. The number of aromatic nitrogens is 3. The fourth-order valence-corrected chi connectivity index (χ4v) is 5.70. The SMILES string of the molecule is Cc1ncnc2c1ccn2[C@@H]1O[C@H](C(C)(O)c2cccc3c2CN(C(=O)OC(C)(C)C)CC3)[C@@](C)(O)[C@H]1O. The molecule has 0 radical (unpaired) electrons. The molecular formula is C28H36N4O6. The van der Waals surface area contributed by atoms with Gasteiger partial charge in [0.1, 0.15) is 41.0 Å². The highest BCUT2D eigenvalue weighted by Gasteiger charge is 2.60. The average molecular weight is 525 g/mol. The van der Waals surface area contributed by atoms with Crippen LogP contribution in [0.3, 0.4) is 0 Å². The molecule has 5 rings (SSSR count). The van der Waals surface area contributed by atoms with E-state index in [9.17, 15) is 20.1 Å². The number of nitrogens with zero attached hydrogens (tertiary/aromatic N) is 4. The summed E-state index contributed by atoms with van der Waals surface area (Å²) >= 11 is 0. The van der Waals surface area contributed by atoms with E-state index in [2.05, 4.69) is 9.97 Å². The molecule has 0 aliphatic carbocycles. The highest BCUT2D eigenvalue weighted by Crippen LogP contribution is 2.47. The molecule has 2 aliphatic rings. The zero-order chi connectivity index (χ0) is 27.6. The van der Waals surface area contributed by atoms with Crippen molar-refractivity contribution >= 4 is 17.1 Å². The lowest BCUT2D eigenvalue weighted by Gasteiger charge is -2.40. The smallest absolute Gasteiger partial charge is 0.410 e. The number of aliphatic hydroxyl groups is 3. The molecule has 2 aromatic heterocycles. The zero-order valence-electron chi connectivity index (χ0n) is 22.7. The van der Waals surface area contributed by atoms with Crippen molar-refractivity contribution in [3.05, 3.63) is 59.2 Å². The van der Waals surface area contributed by atoms with Crippen LogP contribution < -0.4 is 0 Å². The van der Waals surface area contributed by atoms with E-state index >= 15 is 0 Å². The van der Waals surface area contributed by atoms with Crippen molar-refractivity contribution in [3.63, 3.8) is 0 Å². The number of fused-ring (bicyclic) bond motifs is 2. The Labute approximate surface area is 221 Å². The summed E-state index contributed by atoms with van der Waals surface area (Å²) in [6, 6.07) is 7.43. The van der Waals surface area contributed by atoms with Gasteiger partial charge in [-0.2, -0.15) is 0 Å². The Morgan fingerprint density at radius 3 is 2.66 bits per heavy atom. The average Bonchev–Trinajstić information content (AvgIpc) is 3.36. The topological polar surface area (TPSA) is 130 Å². The molecule has 1 amide bonds. The van der Waals surface area contributed by atoms with Crippen LogP contribution in [0.25, 0.3) is 11.0 Å². The zero-order valence-corrected chi connectivity index (χ0v) is 22.7. The number of rotatable bonds is 3. The molecule has 3 aromatic rings. The Bertz CT molecular complexity index is 1380. The van der Waals surface area contributed by atoms with Crippen molar-refractivity contribution in [2.24, 2.45) is 0 Å². The number of carbonyl (C=O) groups excluding carboxylic acids is 1.